The molecule has 1 fully saturated rings. The van der Waals surface area contributed by atoms with Crippen molar-refractivity contribution in [3.8, 4) is 0 Å². The zero-order valence-corrected chi connectivity index (χ0v) is 17.1. The van der Waals surface area contributed by atoms with Crippen molar-refractivity contribution in [3.63, 3.8) is 0 Å². The highest BCUT2D eigenvalue weighted by Gasteiger charge is 2.48. The second kappa shape index (κ2) is 8.09. The number of alkyl halides is 6. The smallest absolute Gasteiger partial charge is 0.372 e. The first-order chi connectivity index (χ1) is 14.3. The first kappa shape index (κ1) is 23.5. The summed E-state index contributed by atoms with van der Waals surface area (Å²) >= 11 is 0. The molecule has 0 radical (unpaired) electrons. The van der Waals surface area contributed by atoms with Gasteiger partial charge in [-0.3, -0.25) is 4.98 Å². The van der Waals surface area contributed by atoms with Gasteiger partial charge in [0.1, 0.15) is 6.10 Å². The van der Waals surface area contributed by atoms with Gasteiger partial charge in [-0.15, -0.1) is 0 Å². The van der Waals surface area contributed by atoms with Crippen molar-refractivity contribution in [1.29, 1.82) is 0 Å². The SMILES string of the molecule is CC[C@]1(S(=O)(=O)c2cccc(C(F)(F)F)c2)CCO[C@@H](c2ccc(C(F)(F)F)cn2)C1. The second-order valence-electron chi connectivity index (χ2n) is 7.35. The lowest BCUT2D eigenvalue weighted by atomic mass is 9.90. The Balaban J connectivity index is 1.95. The van der Waals surface area contributed by atoms with Crippen LogP contribution in [0.1, 0.15) is 49.1 Å². The standard InChI is InChI=1S/C20H19F6NO3S/c1-2-18(31(28,29)15-5-3-4-13(10-15)19(21,22)23)8-9-30-17(11-18)16-7-6-14(12-27-16)20(24,25)26/h3-7,10,12,17H,2,8-9,11H2,1H3/t17-,18+/m1/s1. The lowest BCUT2D eigenvalue weighted by molar-refractivity contribution is -0.138. The van der Waals surface area contributed by atoms with E-state index < -0.39 is 49.1 Å². The minimum absolute atomic E-state index is 0.0284. The molecule has 3 rings (SSSR count). The predicted molar refractivity (Wildman–Crippen MR) is 98.8 cm³/mol. The number of rotatable bonds is 4. The fourth-order valence-electron chi connectivity index (χ4n) is 3.68. The van der Waals surface area contributed by atoms with E-state index >= 15 is 0 Å². The van der Waals surface area contributed by atoms with Crippen molar-refractivity contribution in [1.82, 2.24) is 4.98 Å². The molecule has 0 aliphatic carbocycles. The lowest BCUT2D eigenvalue weighted by Gasteiger charge is -2.39. The van der Waals surface area contributed by atoms with Gasteiger partial charge in [0.2, 0.25) is 0 Å². The summed E-state index contributed by atoms with van der Waals surface area (Å²) in [5.74, 6) is 0. The van der Waals surface area contributed by atoms with Crippen LogP contribution in [0, 0.1) is 0 Å². The van der Waals surface area contributed by atoms with Crippen LogP contribution in [-0.2, 0) is 26.9 Å². The third-order valence-corrected chi connectivity index (χ3v) is 8.24. The molecular formula is C20H19F6NO3S. The van der Waals surface area contributed by atoms with Gasteiger partial charge in [-0.1, -0.05) is 13.0 Å². The third-order valence-electron chi connectivity index (χ3n) is 5.56. The van der Waals surface area contributed by atoms with E-state index in [0.29, 0.717) is 12.3 Å². The maximum Gasteiger partial charge on any atom is 0.417 e. The fourth-order valence-corrected chi connectivity index (χ4v) is 5.83. The van der Waals surface area contributed by atoms with Crippen molar-refractivity contribution in [2.45, 2.75) is 54.3 Å². The summed E-state index contributed by atoms with van der Waals surface area (Å²) in [4.78, 5) is 3.33. The molecule has 2 aromatic rings. The van der Waals surface area contributed by atoms with Crippen molar-refractivity contribution in [2.24, 2.45) is 0 Å². The number of pyridine rings is 1. The molecule has 1 aromatic heterocycles. The van der Waals surface area contributed by atoms with Gasteiger partial charge < -0.3 is 4.74 Å². The van der Waals surface area contributed by atoms with E-state index in [-0.39, 0.29) is 31.6 Å². The van der Waals surface area contributed by atoms with Crippen LogP contribution in [0.15, 0.2) is 47.5 Å². The molecule has 31 heavy (non-hydrogen) atoms. The molecule has 0 saturated carbocycles. The van der Waals surface area contributed by atoms with Crippen LogP contribution in [0.5, 0.6) is 0 Å². The maximum atomic E-state index is 13.4. The van der Waals surface area contributed by atoms with E-state index in [4.69, 9.17) is 4.74 Å². The molecule has 0 unspecified atom stereocenters. The van der Waals surface area contributed by atoms with Crippen LogP contribution in [0.2, 0.25) is 0 Å². The number of hydrogen-bond acceptors (Lipinski definition) is 4. The Bertz CT molecular complexity index is 1030. The van der Waals surface area contributed by atoms with Gasteiger partial charge in [-0.2, -0.15) is 26.3 Å². The van der Waals surface area contributed by atoms with Gasteiger partial charge in [0.05, 0.1) is 26.5 Å². The fraction of sp³-hybridized carbons (Fsp3) is 0.450. The van der Waals surface area contributed by atoms with E-state index in [1.807, 2.05) is 0 Å². The Labute approximate surface area is 175 Å². The van der Waals surface area contributed by atoms with Crippen molar-refractivity contribution < 1.29 is 39.5 Å². The van der Waals surface area contributed by atoms with E-state index in [9.17, 15) is 34.8 Å². The zero-order chi connectivity index (χ0) is 23.1. The first-order valence-corrected chi connectivity index (χ1v) is 10.9. The van der Waals surface area contributed by atoms with E-state index in [1.54, 1.807) is 6.92 Å². The first-order valence-electron chi connectivity index (χ1n) is 9.37. The quantitative estimate of drug-likeness (QED) is 0.550. The Morgan fingerprint density at radius 3 is 2.29 bits per heavy atom. The molecule has 1 aliphatic rings. The van der Waals surface area contributed by atoms with Gasteiger partial charge in [0, 0.05) is 12.8 Å². The molecule has 1 aliphatic heterocycles. The normalized spacial score (nSPS) is 23.0. The highest BCUT2D eigenvalue weighted by molar-refractivity contribution is 7.92. The number of benzene rings is 1. The molecule has 4 nitrogen and oxygen atoms in total. The Morgan fingerprint density at radius 1 is 1.06 bits per heavy atom. The summed E-state index contributed by atoms with van der Waals surface area (Å²) in [6, 6.07) is 5.49. The van der Waals surface area contributed by atoms with Gasteiger partial charge in [0.25, 0.3) is 0 Å². The maximum absolute atomic E-state index is 13.4. The topological polar surface area (TPSA) is 56.3 Å². The zero-order valence-electron chi connectivity index (χ0n) is 16.3. The Kier molecular flexibility index (Phi) is 6.13. The molecule has 0 N–H and O–H groups in total. The molecule has 2 heterocycles. The molecule has 170 valence electrons. The van der Waals surface area contributed by atoms with E-state index in [0.717, 1.165) is 30.3 Å². The molecule has 2 atom stereocenters. The van der Waals surface area contributed by atoms with Gasteiger partial charge in [0.15, 0.2) is 9.84 Å². The summed E-state index contributed by atoms with van der Waals surface area (Å²) in [6.07, 6.45) is -9.54. The highest BCUT2D eigenvalue weighted by atomic mass is 32.2. The summed E-state index contributed by atoms with van der Waals surface area (Å²) in [7, 11) is -4.22. The van der Waals surface area contributed by atoms with Gasteiger partial charge in [-0.25, -0.2) is 8.42 Å². The number of ether oxygens (including phenoxy) is 1. The number of hydrogen-bond donors (Lipinski definition) is 0. The van der Waals surface area contributed by atoms with E-state index in [2.05, 4.69) is 4.98 Å². The molecule has 1 aromatic carbocycles. The molecule has 1 saturated heterocycles. The number of halogens is 6. The molecule has 0 spiro atoms. The van der Waals surface area contributed by atoms with Gasteiger partial charge in [-0.05, 0) is 49.6 Å². The minimum atomic E-state index is -4.70. The summed E-state index contributed by atoms with van der Waals surface area (Å²) < 4.78 is 108. The van der Waals surface area contributed by atoms with Crippen LogP contribution in [-0.4, -0.2) is 24.8 Å². The van der Waals surface area contributed by atoms with Gasteiger partial charge >= 0.3 is 12.4 Å². The third kappa shape index (κ3) is 4.57. The highest BCUT2D eigenvalue weighted by Crippen LogP contribution is 2.44. The largest absolute Gasteiger partial charge is 0.417 e. The molecular weight excluding hydrogens is 448 g/mol. The van der Waals surface area contributed by atoms with E-state index in [1.165, 1.54) is 0 Å². The summed E-state index contributed by atoms with van der Waals surface area (Å²) in [5, 5.41) is 0. The van der Waals surface area contributed by atoms with Crippen LogP contribution in [0.3, 0.4) is 0 Å². The monoisotopic (exact) mass is 467 g/mol. The van der Waals surface area contributed by atoms with Crippen LogP contribution < -0.4 is 0 Å². The summed E-state index contributed by atoms with van der Waals surface area (Å²) in [6.45, 7) is 1.58. The van der Waals surface area contributed by atoms with Crippen molar-refractivity contribution in [2.75, 3.05) is 6.61 Å². The van der Waals surface area contributed by atoms with Crippen LogP contribution in [0.4, 0.5) is 26.3 Å². The Hall–Kier alpha value is -2.14. The molecule has 0 amide bonds. The van der Waals surface area contributed by atoms with Crippen LogP contribution >= 0.6 is 0 Å². The second-order valence-corrected chi connectivity index (χ2v) is 9.69. The van der Waals surface area contributed by atoms with Crippen LogP contribution in [0.25, 0.3) is 0 Å². The summed E-state index contributed by atoms with van der Waals surface area (Å²) in [5.41, 5.74) is -1.90. The van der Waals surface area contributed by atoms with Crippen molar-refractivity contribution >= 4 is 9.84 Å². The van der Waals surface area contributed by atoms with Crippen molar-refractivity contribution in [3.05, 3.63) is 59.4 Å². The number of nitrogens with zero attached hydrogens (tertiary/aromatic N) is 1. The number of sulfone groups is 1. The molecule has 0 bridgehead atoms. The average molecular weight is 467 g/mol. The Morgan fingerprint density at radius 2 is 1.74 bits per heavy atom. The predicted octanol–water partition coefficient (Wildman–Crippen LogP) is 5.59. The minimum Gasteiger partial charge on any atom is -0.372 e. The number of aromatic nitrogens is 1. The average Bonchev–Trinajstić information content (AvgIpc) is 2.72. The lowest BCUT2D eigenvalue weighted by Crippen LogP contribution is -2.44. The molecule has 11 heteroatoms.